The molecule has 0 aromatic rings. The lowest BCUT2D eigenvalue weighted by atomic mass is 10.1. The van der Waals surface area contributed by atoms with E-state index in [1.165, 1.54) is 57.8 Å². The van der Waals surface area contributed by atoms with E-state index in [0.717, 1.165) is 122 Å². The van der Waals surface area contributed by atoms with Crippen molar-refractivity contribution in [2.75, 3.05) is 26.4 Å². The summed E-state index contributed by atoms with van der Waals surface area (Å²) in [6, 6.07) is 0. The highest BCUT2D eigenvalue weighted by Crippen LogP contribution is 2.43. The van der Waals surface area contributed by atoms with E-state index in [1.807, 2.05) is 0 Å². The summed E-state index contributed by atoms with van der Waals surface area (Å²) in [7, 11) is -4.75. The van der Waals surface area contributed by atoms with Crippen LogP contribution in [0.25, 0.3) is 0 Å². The molecule has 11 nitrogen and oxygen atoms in total. The molecular formula is C60H103O11P. The summed E-state index contributed by atoms with van der Waals surface area (Å²) >= 11 is 0. The van der Waals surface area contributed by atoms with Crippen LogP contribution >= 0.6 is 7.82 Å². The first-order chi connectivity index (χ1) is 35.2. The topological polar surface area (TPSA) is 155 Å². The van der Waals surface area contributed by atoms with Gasteiger partial charge in [0.15, 0.2) is 6.10 Å². The number of ether oxygens (including phenoxy) is 3. The number of carbonyl (C=O) groups excluding carboxylic acids is 3. The van der Waals surface area contributed by atoms with Crippen molar-refractivity contribution in [2.24, 2.45) is 0 Å². The number of aliphatic hydroxyl groups is 1. The summed E-state index contributed by atoms with van der Waals surface area (Å²) in [4.78, 5) is 48.4. The van der Waals surface area contributed by atoms with Crippen LogP contribution in [-0.4, -0.2) is 66.5 Å². The zero-order valence-electron chi connectivity index (χ0n) is 45.6. The molecule has 0 aromatic heterocycles. The number of phosphoric ester groups is 1. The van der Waals surface area contributed by atoms with E-state index in [4.69, 9.17) is 23.3 Å². The van der Waals surface area contributed by atoms with Crippen LogP contribution in [0, 0.1) is 0 Å². The van der Waals surface area contributed by atoms with Gasteiger partial charge in [-0.25, -0.2) is 4.57 Å². The van der Waals surface area contributed by atoms with Crippen molar-refractivity contribution in [3.8, 4) is 0 Å². The van der Waals surface area contributed by atoms with Crippen molar-refractivity contribution in [1.82, 2.24) is 0 Å². The molecule has 0 aliphatic carbocycles. The number of carbonyl (C=O) groups is 3. The minimum atomic E-state index is -4.75. The van der Waals surface area contributed by atoms with Crippen LogP contribution in [0.15, 0.2) is 85.1 Å². The number of phosphoric acid groups is 1. The molecule has 0 radical (unpaired) electrons. The molecule has 72 heavy (non-hydrogen) atoms. The van der Waals surface area contributed by atoms with Crippen molar-refractivity contribution in [1.29, 1.82) is 0 Å². The van der Waals surface area contributed by atoms with E-state index in [-0.39, 0.29) is 25.9 Å². The Morgan fingerprint density at radius 3 is 1.14 bits per heavy atom. The molecule has 0 heterocycles. The number of aliphatic hydroxyl groups excluding tert-OH is 1. The van der Waals surface area contributed by atoms with Gasteiger partial charge >= 0.3 is 25.7 Å². The molecule has 0 aromatic carbocycles. The molecular weight excluding hydrogens is 928 g/mol. The van der Waals surface area contributed by atoms with Gasteiger partial charge in [0.25, 0.3) is 0 Å². The molecule has 0 aliphatic rings. The third-order valence-corrected chi connectivity index (χ3v) is 12.8. The molecule has 12 heteroatoms. The molecule has 3 unspecified atom stereocenters. The van der Waals surface area contributed by atoms with Crippen LogP contribution in [0.3, 0.4) is 0 Å². The minimum Gasteiger partial charge on any atom is -0.462 e. The second-order valence-corrected chi connectivity index (χ2v) is 20.2. The third kappa shape index (κ3) is 51.6. The maximum Gasteiger partial charge on any atom is 0.472 e. The van der Waals surface area contributed by atoms with Gasteiger partial charge in [-0.15, -0.1) is 0 Å². The van der Waals surface area contributed by atoms with Crippen molar-refractivity contribution < 1.29 is 52.2 Å². The zero-order valence-corrected chi connectivity index (χ0v) is 46.5. The monoisotopic (exact) mass is 1030 g/mol. The van der Waals surface area contributed by atoms with Gasteiger partial charge in [0.2, 0.25) is 0 Å². The molecule has 0 amide bonds. The Balaban J connectivity index is 4.79. The summed E-state index contributed by atoms with van der Waals surface area (Å²) in [5, 5.41) is 9.77. The highest BCUT2D eigenvalue weighted by atomic mass is 31.2. The van der Waals surface area contributed by atoms with E-state index in [2.05, 4.69) is 106 Å². The molecule has 0 aliphatic heterocycles. The Hall–Kier alpha value is -3.34. The lowest BCUT2D eigenvalue weighted by molar-refractivity contribution is -0.161. The largest absolute Gasteiger partial charge is 0.472 e. The van der Waals surface area contributed by atoms with Crippen molar-refractivity contribution >= 4 is 25.7 Å². The molecule has 0 rings (SSSR count). The predicted octanol–water partition coefficient (Wildman–Crippen LogP) is 16.7. The lowest BCUT2D eigenvalue weighted by Gasteiger charge is -2.21. The minimum absolute atomic E-state index is 0.145. The molecule has 0 bridgehead atoms. The maximum atomic E-state index is 12.9. The smallest absolute Gasteiger partial charge is 0.462 e. The second-order valence-electron chi connectivity index (χ2n) is 18.7. The van der Waals surface area contributed by atoms with E-state index < -0.39 is 57.8 Å². The van der Waals surface area contributed by atoms with Gasteiger partial charge in [-0.3, -0.25) is 23.4 Å². The molecule has 0 fully saturated rings. The van der Waals surface area contributed by atoms with Gasteiger partial charge in [-0.2, -0.15) is 0 Å². The quantitative estimate of drug-likeness (QED) is 0.0197. The Kier molecular flexibility index (Phi) is 51.4. The zero-order chi connectivity index (χ0) is 52.7. The second kappa shape index (κ2) is 53.9. The Bertz CT molecular complexity index is 1530. The fourth-order valence-corrected chi connectivity index (χ4v) is 8.25. The van der Waals surface area contributed by atoms with Crippen molar-refractivity contribution in [3.63, 3.8) is 0 Å². The number of unbranched alkanes of at least 4 members (excludes halogenated alkanes) is 21. The van der Waals surface area contributed by atoms with E-state index in [1.54, 1.807) is 0 Å². The SMILES string of the molecule is CC/C=C\C/C=C\C/C=C\C/C=C\CCCCCCC(=O)OCC(COP(=O)(O)OCC(CO)OC(=O)CCCCCCCCCCC)OC(=O)CCCCCCCC/C=C\C/C=C\C/C=C\CCCCC. The number of rotatable bonds is 52. The summed E-state index contributed by atoms with van der Waals surface area (Å²) in [5.41, 5.74) is 0. The van der Waals surface area contributed by atoms with Crippen LogP contribution in [0.2, 0.25) is 0 Å². The van der Waals surface area contributed by atoms with Crippen LogP contribution in [0.4, 0.5) is 0 Å². The van der Waals surface area contributed by atoms with Gasteiger partial charge in [0.1, 0.15) is 12.7 Å². The third-order valence-electron chi connectivity index (χ3n) is 11.8. The van der Waals surface area contributed by atoms with Crippen LogP contribution in [-0.2, 0) is 42.2 Å². The fourth-order valence-electron chi connectivity index (χ4n) is 7.47. The van der Waals surface area contributed by atoms with Crippen molar-refractivity contribution in [3.05, 3.63) is 85.1 Å². The highest BCUT2D eigenvalue weighted by molar-refractivity contribution is 7.47. The van der Waals surface area contributed by atoms with Gasteiger partial charge in [-0.05, 0) is 96.3 Å². The number of hydrogen-bond donors (Lipinski definition) is 2. The first-order valence-corrected chi connectivity index (χ1v) is 30.0. The maximum absolute atomic E-state index is 12.9. The molecule has 0 saturated carbocycles. The Morgan fingerprint density at radius 1 is 0.403 bits per heavy atom. The Morgan fingerprint density at radius 2 is 0.722 bits per heavy atom. The summed E-state index contributed by atoms with van der Waals surface area (Å²) in [5.74, 6) is -1.51. The van der Waals surface area contributed by atoms with E-state index >= 15 is 0 Å². The standard InChI is InChI=1S/C60H103O11P/c1-4-7-10-13-16-19-21-23-25-27-28-30-32-34-36-39-42-45-48-51-60(64)71-57(53-67-58(62)49-46-43-40-38-35-33-31-29-26-24-22-20-17-14-11-8-5-2)55-69-72(65,66)68-54-56(52-61)70-59(63)50-47-44-41-37-18-15-12-9-6-3/h8,11,16-17,19-20,23-26,28,30-31,33,56-57,61H,4-7,9-10,12-15,18,21-22,27,29,32,34-55H2,1-3H3,(H,65,66)/b11-8-,19-16-,20-17-,25-23-,26-24-,30-28-,33-31-. The predicted molar refractivity (Wildman–Crippen MR) is 298 cm³/mol. The van der Waals surface area contributed by atoms with Crippen LogP contribution in [0.1, 0.15) is 239 Å². The van der Waals surface area contributed by atoms with Gasteiger partial charge in [-0.1, -0.05) is 209 Å². The highest BCUT2D eigenvalue weighted by Gasteiger charge is 2.28. The molecule has 414 valence electrons. The van der Waals surface area contributed by atoms with E-state index in [9.17, 15) is 28.9 Å². The number of allylic oxidation sites excluding steroid dienone is 14. The fraction of sp³-hybridized carbons (Fsp3) is 0.717. The van der Waals surface area contributed by atoms with Gasteiger partial charge < -0.3 is 24.2 Å². The average Bonchev–Trinajstić information content (AvgIpc) is 3.37. The van der Waals surface area contributed by atoms with Gasteiger partial charge in [0, 0.05) is 19.3 Å². The number of hydrogen-bond acceptors (Lipinski definition) is 10. The summed E-state index contributed by atoms with van der Waals surface area (Å²) < 4.78 is 39.4. The van der Waals surface area contributed by atoms with E-state index in [0.29, 0.717) is 19.3 Å². The first kappa shape index (κ1) is 68.7. The molecule has 2 N–H and O–H groups in total. The Labute approximate surface area is 439 Å². The average molecular weight is 1030 g/mol. The molecule has 0 saturated heterocycles. The summed E-state index contributed by atoms with van der Waals surface area (Å²) in [6.07, 6.45) is 61.2. The number of esters is 3. The molecule has 0 spiro atoms. The lowest BCUT2D eigenvalue weighted by Crippen LogP contribution is -2.30. The van der Waals surface area contributed by atoms with Gasteiger partial charge in [0.05, 0.1) is 19.8 Å². The summed E-state index contributed by atoms with van der Waals surface area (Å²) in [6.45, 7) is 4.43. The molecule has 3 atom stereocenters. The van der Waals surface area contributed by atoms with Crippen molar-refractivity contribution in [2.45, 2.75) is 251 Å². The first-order valence-electron chi connectivity index (χ1n) is 28.5. The van der Waals surface area contributed by atoms with Crippen LogP contribution in [0.5, 0.6) is 0 Å². The van der Waals surface area contributed by atoms with Crippen LogP contribution < -0.4 is 0 Å². The normalized spacial score (nSPS) is 14.0.